The van der Waals surface area contributed by atoms with Crippen LogP contribution in [0.15, 0.2) is 22.7 Å². The summed E-state index contributed by atoms with van der Waals surface area (Å²) in [6, 6.07) is 3.46. The molecular formula is C15H19F2N3O. The summed E-state index contributed by atoms with van der Waals surface area (Å²) in [5.41, 5.74) is 0.372. The third-order valence-corrected chi connectivity index (χ3v) is 2.87. The van der Waals surface area contributed by atoms with Crippen LogP contribution in [0.2, 0.25) is 0 Å². The first-order valence-corrected chi connectivity index (χ1v) is 6.84. The van der Waals surface area contributed by atoms with Crippen LogP contribution < -0.4 is 5.32 Å². The van der Waals surface area contributed by atoms with Crippen molar-refractivity contribution >= 4 is 0 Å². The number of hydrogen-bond donors (Lipinski definition) is 1. The van der Waals surface area contributed by atoms with Gasteiger partial charge in [0.25, 0.3) is 0 Å². The highest BCUT2D eigenvalue weighted by Crippen LogP contribution is 2.13. The van der Waals surface area contributed by atoms with Crippen LogP contribution in [-0.2, 0) is 12.8 Å². The first kappa shape index (κ1) is 15.6. The molecule has 2 rings (SSSR count). The van der Waals surface area contributed by atoms with Gasteiger partial charge in [0.15, 0.2) is 5.82 Å². The lowest BCUT2D eigenvalue weighted by Gasteiger charge is -2.19. The Balaban J connectivity index is 1.94. The fraction of sp³-hybridized carbons (Fsp3) is 0.467. The highest BCUT2D eigenvalue weighted by atomic mass is 19.1. The molecule has 0 aliphatic carbocycles. The maximum absolute atomic E-state index is 13.5. The highest BCUT2D eigenvalue weighted by Gasteiger charge is 2.12. The van der Waals surface area contributed by atoms with Crippen LogP contribution in [0.3, 0.4) is 0 Å². The smallest absolute Gasteiger partial charge is 0.227 e. The largest absolute Gasteiger partial charge is 0.339 e. The van der Waals surface area contributed by atoms with Crippen molar-refractivity contribution in [2.75, 3.05) is 6.54 Å². The molecule has 114 valence electrons. The molecule has 0 bridgehead atoms. The van der Waals surface area contributed by atoms with Gasteiger partial charge in [-0.15, -0.1) is 0 Å². The minimum Gasteiger partial charge on any atom is -0.339 e. The van der Waals surface area contributed by atoms with Crippen molar-refractivity contribution in [1.82, 2.24) is 15.5 Å². The second-order valence-corrected chi connectivity index (χ2v) is 5.94. The normalized spacial score (nSPS) is 11.9. The van der Waals surface area contributed by atoms with E-state index in [1.54, 1.807) is 0 Å². The Morgan fingerprint density at radius 3 is 2.67 bits per heavy atom. The SMILES string of the molecule is CC(C)(C)NCCc1nc(Cc2ccc(F)cc2F)no1. The molecule has 0 spiro atoms. The summed E-state index contributed by atoms with van der Waals surface area (Å²) < 4.78 is 31.5. The Hall–Kier alpha value is -1.82. The van der Waals surface area contributed by atoms with Crippen LogP contribution in [0.1, 0.15) is 38.0 Å². The van der Waals surface area contributed by atoms with Gasteiger partial charge in [-0.3, -0.25) is 0 Å². The molecule has 1 heterocycles. The van der Waals surface area contributed by atoms with E-state index in [0.717, 1.165) is 12.6 Å². The van der Waals surface area contributed by atoms with Crippen LogP contribution in [-0.4, -0.2) is 22.2 Å². The molecule has 1 aromatic carbocycles. The summed E-state index contributed by atoms with van der Waals surface area (Å²) in [6.07, 6.45) is 0.790. The van der Waals surface area contributed by atoms with E-state index in [2.05, 4.69) is 36.2 Å². The Kier molecular flexibility index (Phi) is 4.67. The van der Waals surface area contributed by atoms with Crippen LogP contribution in [0.25, 0.3) is 0 Å². The molecule has 0 saturated carbocycles. The first-order chi connectivity index (χ1) is 9.83. The van der Waals surface area contributed by atoms with Crippen LogP contribution >= 0.6 is 0 Å². The van der Waals surface area contributed by atoms with Crippen LogP contribution in [0.4, 0.5) is 8.78 Å². The van der Waals surface area contributed by atoms with Crippen molar-refractivity contribution in [3.05, 3.63) is 47.1 Å². The third kappa shape index (κ3) is 4.90. The summed E-state index contributed by atoms with van der Waals surface area (Å²) in [7, 11) is 0. The molecular weight excluding hydrogens is 276 g/mol. The molecule has 0 unspecified atom stereocenters. The number of halogens is 2. The quantitative estimate of drug-likeness (QED) is 0.921. The summed E-state index contributed by atoms with van der Waals surface area (Å²) in [5, 5.41) is 7.13. The lowest BCUT2D eigenvalue weighted by Crippen LogP contribution is -2.37. The zero-order chi connectivity index (χ0) is 15.5. The second-order valence-electron chi connectivity index (χ2n) is 5.94. The minimum absolute atomic E-state index is 0.0279. The molecule has 6 heteroatoms. The zero-order valence-electron chi connectivity index (χ0n) is 12.4. The molecule has 0 amide bonds. The van der Waals surface area contributed by atoms with Gasteiger partial charge in [0.05, 0.1) is 0 Å². The first-order valence-electron chi connectivity index (χ1n) is 6.84. The van der Waals surface area contributed by atoms with Crippen molar-refractivity contribution in [2.24, 2.45) is 0 Å². The second kappa shape index (κ2) is 6.30. The van der Waals surface area contributed by atoms with Gasteiger partial charge < -0.3 is 9.84 Å². The van der Waals surface area contributed by atoms with Crippen LogP contribution in [0.5, 0.6) is 0 Å². The lowest BCUT2D eigenvalue weighted by atomic mass is 10.1. The Morgan fingerprint density at radius 1 is 1.24 bits per heavy atom. The fourth-order valence-corrected chi connectivity index (χ4v) is 1.84. The lowest BCUT2D eigenvalue weighted by molar-refractivity contribution is 0.359. The van der Waals surface area contributed by atoms with Crippen molar-refractivity contribution in [2.45, 2.75) is 39.2 Å². The molecule has 0 saturated heterocycles. The van der Waals surface area contributed by atoms with Gasteiger partial charge in [-0.25, -0.2) is 8.78 Å². The monoisotopic (exact) mass is 295 g/mol. The number of nitrogens with zero attached hydrogens (tertiary/aromatic N) is 2. The number of hydrogen-bond acceptors (Lipinski definition) is 4. The standard InChI is InChI=1S/C15H19F2N3O/c1-15(2,3)18-7-6-14-19-13(20-21-14)8-10-4-5-11(16)9-12(10)17/h4-5,9,18H,6-8H2,1-3H3. The van der Waals surface area contributed by atoms with Gasteiger partial charge in [0.1, 0.15) is 11.6 Å². The zero-order valence-corrected chi connectivity index (χ0v) is 12.4. The summed E-state index contributed by atoms with van der Waals surface area (Å²) >= 11 is 0. The average molecular weight is 295 g/mol. The van der Waals surface area contributed by atoms with E-state index in [0.29, 0.717) is 23.7 Å². The van der Waals surface area contributed by atoms with Gasteiger partial charge in [-0.1, -0.05) is 11.2 Å². The maximum Gasteiger partial charge on any atom is 0.227 e. The van der Waals surface area contributed by atoms with Crippen LogP contribution in [0, 0.1) is 11.6 Å². The maximum atomic E-state index is 13.5. The average Bonchev–Trinajstić information content (AvgIpc) is 2.79. The minimum atomic E-state index is -0.601. The van der Waals surface area contributed by atoms with E-state index < -0.39 is 11.6 Å². The predicted molar refractivity (Wildman–Crippen MR) is 74.9 cm³/mol. The number of aromatic nitrogens is 2. The summed E-state index contributed by atoms with van der Waals surface area (Å²) in [6.45, 7) is 6.94. The van der Waals surface area contributed by atoms with E-state index >= 15 is 0 Å². The van der Waals surface area contributed by atoms with Gasteiger partial charge in [-0.05, 0) is 32.4 Å². The van der Waals surface area contributed by atoms with Gasteiger partial charge in [0.2, 0.25) is 5.89 Å². The van der Waals surface area contributed by atoms with E-state index in [1.165, 1.54) is 12.1 Å². The number of nitrogens with one attached hydrogen (secondary N) is 1. The molecule has 0 aliphatic heterocycles. The predicted octanol–water partition coefficient (Wildman–Crippen LogP) is 2.87. The van der Waals surface area contributed by atoms with E-state index in [4.69, 9.17) is 4.52 Å². The molecule has 0 aliphatic rings. The Morgan fingerprint density at radius 2 is 2.00 bits per heavy atom. The summed E-state index contributed by atoms with van der Waals surface area (Å²) in [5.74, 6) is -0.301. The molecule has 1 N–H and O–H groups in total. The number of rotatable bonds is 5. The number of benzene rings is 1. The van der Waals surface area contributed by atoms with E-state index in [1.807, 2.05) is 0 Å². The molecule has 21 heavy (non-hydrogen) atoms. The topological polar surface area (TPSA) is 51.0 Å². The van der Waals surface area contributed by atoms with Crippen molar-refractivity contribution in [3.63, 3.8) is 0 Å². The molecule has 0 fully saturated rings. The molecule has 2 aromatic rings. The van der Waals surface area contributed by atoms with Gasteiger partial charge in [-0.2, -0.15) is 4.98 Å². The van der Waals surface area contributed by atoms with E-state index in [9.17, 15) is 8.78 Å². The summed E-state index contributed by atoms with van der Waals surface area (Å²) in [4.78, 5) is 4.21. The van der Waals surface area contributed by atoms with E-state index in [-0.39, 0.29) is 12.0 Å². The molecule has 1 aromatic heterocycles. The Labute approximate surface area is 122 Å². The molecule has 4 nitrogen and oxygen atoms in total. The van der Waals surface area contributed by atoms with Crippen molar-refractivity contribution in [3.8, 4) is 0 Å². The van der Waals surface area contributed by atoms with Gasteiger partial charge in [0, 0.05) is 31.0 Å². The third-order valence-electron chi connectivity index (χ3n) is 2.87. The molecule has 0 atom stereocenters. The Bertz CT molecular complexity index is 605. The molecule has 0 radical (unpaired) electrons. The van der Waals surface area contributed by atoms with Crippen molar-refractivity contribution < 1.29 is 13.3 Å². The highest BCUT2D eigenvalue weighted by molar-refractivity contribution is 5.21. The van der Waals surface area contributed by atoms with Crippen molar-refractivity contribution in [1.29, 1.82) is 0 Å². The van der Waals surface area contributed by atoms with Gasteiger partial charge >= 0.3 is 0 Å². The fourth-order valence-electron chi connectivity index (χ4n) is 1.84.